The molecular weight excluding hydrogens is 348 g/mol. The number of para-hydroxylation sites is 1. The Kier molecular flexibility index (Phi) is 5.06. The van der Waals surface area contributed by atoms with Crippen LogP contribution in [-0.4, -0.2) is 29.0 Å². The van der Waals surface area contributed by atoms with E-state index < -0.39 is 0 Å². The number of aromatic nitrogens is 2. The van der Waals surface area contributed by atoms with Gasteiger partial charge in [0, 0.05) is 30.4 Å². The van der Waals surface area contributed by atoms with Crippen LogP contribution in [0.1, 0.15) is 25.3 Å². The molecule has 0 radical (unpaired) electrons. The molecule has 0 saturated carbocycles. The molecule has 1 fully saturated rings. The van der Waals surface area contributed by atoms with E-state index in [1.54, 1.807) is 6.33 Å². The molecule has 2 heterocycles. The zero-order valence-electron chi connectivity index (χ0n) is 16.2. The summed E-state index contributed by atoms with van der Waals surface area (Å²) in [6, 6.07) is 20.0. The molecule has 0 aliphatic carbocycles. The lowest BCUT2D eigenvalue weighted by Crippen LogP contribution is -2.52. The first-order chi connectivity index (χ1) is 13.6. The summed E-state index contributed by atoms with van der Waals surface area (Å²) in [5, 5.41) is 3.10. The predicted octanol–water partition coefficient (Wildman–Crippen LogP) is 4.34. The lowest BCUT2D eigenvalue weighted by atomic mass is 9.97. The highest BCUT2D eigenvalue weighted by molar-refractivity contribution is 5.95. The van der Waals surface area contributed by atoms with Crippen molar-refractivity contribution < 1.29 is 4.79 Å². The fraction of sp³-hybridized carbons (Fsp3) is 0.261. The third-order valence-electron chi connectivity index (χ3n) is 5.14. The van der Waals surface area contributed by atoms with Gasteiger partial charge >= 0.3 is 0 Å². The lowest BCUT2D eigenvalue weighted by Gasteiger charge is -2.39. The van der Waals surface area contributed by atoms with Crippen LogP contribution >= 0.6 is 0 Å². The summed E-state index contributed by atoms with van der Waals surface area (Å²) in [4.78, 5) is 23.5. The Labute approximate surface area is 165 Å². The number of hydrogen-bond donors (Lipinski definition) is 1. The molecule has 2 aromatic carbocycles. The van der Waals surface area contributed by atoms with Crippen LogP contribution in [0.4, 0.5) is 11.5 Å². The largest absolute Gasteiger partial charge is 0.355 e. The van der Waals surface area contributed by atoms with E-state index in [1.165, 1.54) is 0 Å². The van der Waals surface area contributed by atoms with Crippen LogP contribution in [0.25, 0.3) is 11.3 Å². The van der Waals surface area contributed by atoms with Crippen LogP contribution in [0.15, 0.2) is 67.0 Å². The monoisotopic (exact) mass is 372 g/mol. The number of amides is 1. The molecule has 5 nitrogen and oxygen atoms in total. The van der Waals surface area contributed by atoms with Gasteiger partial charge in [-0.2, -0.15) is 0 Å². The quantitative estimate of drug-likeness (QED) is 0.724. The second-order valence-electron chi connectivity index (χ2n) is 7.46. The van der Waals surface area contributed by atoms with Gasteiger partial charge in [-0.05, 0) is 17.5 Å². The Bertz CT molecular complexity index is 965. The summed E-state index contributed by atoms with van der Waals surface area (Å²) in [6.45, 7) is 5.60. The average molecular weight is 372 g/mol. The number of carbonyl (C=O) groups excluding carboxylic acids is 1. The molecule has 1 N–H and O–H groups in total. The minimum absolute atomic E-state index is 0.0321. The number of nitrogens with one attached hydrogen (secondary N) is 1. The van der Waals surface area contributed by atoms with Crippen LogP contribution in [0, 0.1) is 5.92 Å². The van der Waals surface area contributed by atoms with E-state index in [0.29, 0.717) is 19.0 Å². The first-order valence-electron chi connectivity index (χ1n) is 9.64. The van der Waals surface area contributed by atoms with Gasteiger partial charge in [0.05, 0.1) is 11.6 Å². The van der Waals surface area contributed by atoms with Gasteiger partial charge in [-0.3, -0.25) is 4.79 Å². The third kappa shape index (κ3) is 3.74. The molecule has 1 saturated heterocycles. The summed E-state index contributed by atoms with van der Waals surface area (Å²) in [7, 11) is 0. The van der Waals surface area contributed by atoms with Gasteiger partial charge in [-0.1, -0.05) is 62.4 Å². The van der Waals surface area contributed by atoms with Gasteiger partial charge in [0.1, 0.15) is 12.1 Å². The van der Waals surface area contributed by atoms with Crippen molar-refractivity contribution in [1.82, 2.24) is 9.97 Å². The summed E-state index contributed by atoms with van der Waals surface area (Å²) in [5.41, 5.74) is 4.03. The van der Waals surface area contributed by atoms with Gasteiger partial charge in [0.15, 0.2) is 0 Å². The van der Waals surface area contributed by atoms with Crippen molar-refractivity contribution in [3.8, 4) is 11.3 Å². The van der Waals surface area contributed by atoms with Gasteiger partial charge in [0.2, 0.25) is 5.91 Å². The minimum atomic E-state index is -0.0321. The van der Waals surface area contributed by atoms with Crippen molar-refractivity contribution in [3.63, 3.8) is 0 Å². The van der Waals surface area contributed by atoms with Crippen LogP contribution < -0.4 is 10.2 Å². The zero-order valence-corrected chi connectivity index (χ0v) is 16.2. The average Bonchev–Trinajstić information content (AvgIpc) is 2.68. The molecule has 5 heteroatoms. The number of nitrogens with zero attached hydrogens (tertiary/aromatic N) is 3. The molecule has 0 bridgehead atoms. The van der Waals surface area contributed by atoms with E-state index in [0.717, 1.165) is 28.3 Å². The normalized spacial score (nSPS) is 14.0. The first-order valence-corrected chi connectivity index (χ1v) is 9.64. The molecule has 0 spiro atoms. The van der Waals surface area contributed by atoms with Gasteiger partial charge in [-0.25, -0.2) is 9.97 Å². The smallest absolute Gasteiger partial charge is 0.231 e. The second kappa shape index (κ2) is 7.80. The minimum Gasteiger partial charge on any atom is -0.355 e. The standard InChI is InChI=1S/C23H24N4O/c1-16(2)19-10-6-7-11-20(19)26-23(28)18-13-27(14-18)22-12-21(24-15-25-22)17-8-4-3-5-9-17/h3-12,15-16,18H,13-14H2,1-2H3,(H,26,28). The fourth-order valence-electron chi connectivity index (χ4n) is 3.47. The fourth-order valence-corrected chi connectivity index (χ4v) is 3.47. The Morgan fingerprint density at radius 2 is 1.75 bits per heavy atom. The molecule has 28 heavy (non-hydrogen) atoms. The molecule has 4 rings (SSSR count). The Morgan fingerprint density at radius 1 is 1.04 bits per heavy atom. The van der Waals surface area contributed by atoms with Crippen molar-refractivity contribution in [3.05, 3.63) is 72.6 Å². The summed E-state index contributed by atoms with van der Waals surface area (Å²) in [6.07, 6.45) is 1.59. The maximum Gasteiger partial charge on any atom is 0.231 e. The highest BCUT2D eigenvalue weighted by atomic mass is 16.2. The Morgan fingerprint density at radius 3 is 2.50 bits per heavy atom. The first kappa shape index (κ1) is 18.2. The van der Waals surface area contributed by atoms with E-state index in [2.05, 4.69) is 40.1 Å². The zero-order chi connectivity index (χ0) is 19.5. The highest BCUT2D eigenvalue weighted by Crippen LogP contribution is 2.28. The van der Waals surface area contributed by atoms with Gasteiger partial charge in [-0.15, -0.1) is 0 Å². The van der Waals surface area contributed by atoms with Crippen LogP contribution in [0.2, 0.25) is 0 Å². The topological polar surface area (TPSA) is 58.1 Å². The molecule has 1 aliphatic heterocycles. The van der Waals surface area contributed by atoms with Crippen molar-refractivity contribution >= 4 is 17.4 Å². The molecule has 0 unspecified atom stereocenters. The van der Waals surface area contributed by atoms with Crippen molar-refractivity contribution in [2.75, 3.05) is 23.3 Å². The molecule has 142 valence electrons. The molecule has 3 aromatic rings. The van der Waals surface area contributed by atoms with Crippen LogP contribution in [0.3, 0.4) is 0 Å². The number of benzene rings is 2. The maximum absolute atomic E-state index is 12.7. The molecule has 1 amide bonds. The van der Waals surface area contributed by atoms with Crippen molar-refractivity contribution in [2.24, 2.45) is 5.92 Å². The van der Waals surface area contributed by atoms with E-state index >= 15 is 0 Å². The number of carbonyl (C=O) groups is 1. The predicted molar refractivity (Wildman–Crippen MR) is 112 cm³/mol. The molecule has 1 aliphatic rings. The van der Waals surface area contributed by atoms with E-state index in [-0.39, 0.29) is 11.8 Å². The highest BCUT2D eigenvalue weighted by Gasteiger charge is 2.34. The Balaban J connectivity index is 1.40. The van der Waals surface area contributed by atoms with Crippen molar-refractivity contribution in [2.45, 2.75) is 19.8 Å². The van der Waals surface area contributed by atoms with E-state index in [1.807, 2.05) is 54.6 Å². The summed E-state index contributed by atoms with van der Waals surface area (Å²) in [5.74, 6) is 1.27. The molecule has 1 aromatic heterocycles. The van der Waals surface area contributed by atoms with E-state index in [9.17, 15) is 4.79 Å². The van der Waals surface area contributed by atoms with Crippen molar-refractivity contribution in [1.29, 1.82) is 0 Å². The second-order valence-corrected chi connectivity index (χ2v) is 7.46. The number of rotatable bonds is 5. The maximum atomic E-state index is 12.7. The van der Waals surface area contributed by atoms with Crippen LogP contribution in [-0.2, 0) is 4.79 Å². The third-order valence-corrected chi connectivity index (χ3v) is 5.14. The van der Waals surface area contributed by atoms with E-state index in [4.69, 9.17) is 0 Å². The number of hydrogen-bond acceptors (Lipinski definition) is 4. The lowest BCUT2D eigenvalue weighted by molar-refractivity contribution is -0.120. The van der Waals surface area contributed by atoms with Gasteiger partial charge in [0.25, 0.3) is 0 Å². The number of anilines is 2. The van der Waals surface area contributed by atoms with Gasteiger partial charge < -0.3 is 10.2 Å². The molecular formula is C23H24N4O. The van der Waals surface area contributed by atoms with Crippen LogP contribution in [0.5, 0.6) is 0 Å². The molecule has 0 atom stereocenters. The SMILES string of the molecule is CC(C)c1ccccc1NC(=O)C1CN(c2cc(-c3ccccc3)ncn2)C1. The summed E-state index contributed by atoms with van der Waals surface area (Å²) < 4.78 is 0. The Hall–Kier alpha value is -3.21. The summed E-state index contributed by atoms with van der Waals surface area (Å²) >= 11 is 0.